The van der Waals surface area contributed by atoms with Crippen LogP contribution < -0.4 is 0 Å². The molecule has 2 saturated carbocycles. The summed E-state index contributed by atoms with van der Waals surface area (Å²) in [6.07, 6.45) is 17.7. The van der Waals surface area contributed by atoms with Gasteiger partial charge < -0.3 is 0 Å². The van der Waals surface area contributed by atoms with Crippen molar-refractivity contribution in [2.24, 2.45) is 17.8 Å². The number of aryl methyl sites for hydroxylation is 1. The predicted octanol–water partition coefficient (Wildman–Crippen LogP) is 5.53. The van der Waals surface area contributed by atoms with Crippen molar-refractivity contribution in [2.45, 2.75) is 84.0 Å². The van der Waals surface area contributed by atoms with Crippen molar-refractivity contribution in [3.8, 4) is 0 Å². The van der Waals surface area contributed by atoms with Crippen LogP contribution in [0.25, 0.3) is 0 Å². The molecule has 2 aliphatic carbocycles. The van der Waals surface area contributed by atoms with Crippen LogP contribution in [0, 0.1) is 17.8 Å². The fraction of sp³-hybridized carbons (Fsp3) is 0.800. The molecule has 122 valence electrons. The molecule has 3 rings (SSSR count). The van der Waals surface area contributed by atoms with Gasteiger partial charge in [-0.1, -0.05) is 52.4 Å². The zero-order chi connectivity index (χ0) is 15.4. The Morgan fingerprint density at radius 2 is 1.36 bits per heavy atom. The molecule has 0 aromatic carbocycles. The van der Waals surface area contributed by atoms with Crippen LogP contribution in [0.5, 0.6) is 0 Å². The third kappa shape index (κ3) is 4.30. The van der Waals surface area contributed by atoms with E-state index < -0.39 is 0 Å². The van der Waals surface area contributed by atoms with Crippen molar-refractivity contribution in [3.63, 3.8) is 0 Å². The molecule has 22 heavy (non-hydrogen) atoms. The highest BCUT2D eigenvalue weighted by Crippen LogP contribution is 2.34. The molecule has 2 heteroatoms. The Kier molecular flexibility index (Phi) is 5.49. The molecule has 0 spiro atoms. The van der Waals surface area contributed by atoms with Crippen molar-refractivity contribution < 1.29 is 0 Å². The van der Waals surface area contributed by atoms with Crippen molar-refractivity contribution in [2.75, 3.05) is 0 Å². The fourth-order valence-corrected chi connectivity index (χ4v) is 4.21. The van der Waals surface area contributed by atoms with Crippen LogP contribution in [0.1, 0.15) is 88.9 Å². The summed E-state index contributed by atoms with van der Waals surface area (Å²) in [5, 5.41) is 0. The van der Waals surface area contributed by atoms with Gasteiger partial charge in [-0.05, 0) is 49.0 Å². The van der Waals surface area contributed by atoms with E-state index in [1.807, 2.05) is 0 Å². The maximum atomic E-state index is 4.69. The van der Waals surface area contributed by atoms with E-state index in [1.165, 1.54) is 69.8 Å². The molecule has 0 atom stereocenters. The van der Waals surface area contributed by atoms with E-state index in [4.69, 9.17) is 9.97 Å². The van der Waals surface area contributed by atoms with Gasteiger partial charge in [-0.2, -0.15) is 0 Å². The number of hydrogen-bond donors (Lipinski definition) is 0. The maximum absolute atomic E-state index is 4.69. The Morgan fingerprint density at radius 3 is 1.95 bits per heavy atom. The summed E-state index contributed by atoms with van der Waals surface area (Å²) in [5.41, 5.74) is 1.34. The van der Waals surface area contributed by atoms with Gasteiger partial charge in [0.15, 0.2) is 0 Å². The Bertz CT molecular complexity index is 437. The van der Waals surface area contributed by atoms with Crippen LogP contribution in [0.3, 0.4) is 0 Å². The van der Waals surface area contributed by atoms with E-state index >= 15 is 0 Å². The lowest BCUT2D eigenvalue weighted by Crippen LogP contribution is -2.14. The average molecular weight is 300 g/mol. The Labute approximate surface area is 136 Å². The largest absolute Gasteiger partial charge is 0.241 e. The van der Waals surface area contributed by atoms with Gasteiger partial charge in [0.05, 0.1) is 0 Å². The highest BCUT2D eigenvalue weighted by Gasteiger charge is 2.22. The minimum atomic E-state index is 0.616. The second-order valence-corrected chi connectivity index (χ2v) is 8.07. The molecule has 0 bridgehead atoms. The molecule has 0 amide bonds. The number of aromatic nitrogens is 2. The molecule has 0 radical (unpaired) electrons. The number of rotatable bonds is 4. The summed E-state index contributed by atoms with van der Waals surface area (Å²) in [5.74, 6) is 4.51. The van der Waals surface area contributed by atoms with Gasteiger partial charge in [-0.15, -0.1) is 0 Å². The summed E-state index contributed by atoms with van der Waals surface area (Å²) in [6, 6.07) is 0. The first-order chi connectivity index (χ1) is 10.7. The molecule has 0 saturated heterocycles. The first-order valence-corrected chi connectivity index (χ1v) is 9.51. The molecular weight excluding hydrogens is 268 g/mol. The number of nitrogens with zero attached hydrogens (tertiary/aromatic N) is 2. The summed E-state index contributed by atoms with van der Waals surface area (Å²) >= 11 is 0. The van der Waals surface area contributed by atoms with Crippen molar-refractivity contribution in [1.82, 2.24) is 9.97 Å². The van der Waals surface area contributed by atoms with Crippen molar-refractivity contribution in [1.29, 1.82) is 0 Å². The summed E-state index contributed by atoms with van der Waals surface area (Å²) in [7, 11) is 0. The van der Waals surface area contributed by atoms with Gasteiger partial charge in [-0.3, -0.25) is 0 Å². The second kappa shape index (κ2) is 7.57. The van der Waals surface area contributed by atoms with Gasteiger partial charge in [0, 0.05) is 18.3 Å². The highest BCUT2D eigenvalue weighted by atomic mass is 14.9. The van der Waals surface area contributed by atoms with Crippen LogP contribution in [0.4, 0.5) is 0 Å². The first kappa shape index (κ1) is 16.0. The van der Waals surface area contributed by atoms with Crippen molar-refractivity contribution >= 4 is 0 Å². The monoisotopic (exact) mass is 300 g/mol. The van der Waals surface area contributed by atoms with Crippen LogP contribution in [0.15, 0.2) is 12.4 Å². The van der Waals surface area contributed by atoms with E-state index in [0.29, 0.717) is 5.92 Å². The minimum absolute atomic E-state index is 0.616. The van der Waals surface area contributed by atoms with E-state index in [2.05, 4.69) is 26.2 Å². The zero-order valence-corrected chi connectivity index (χ0v) is 14.4. The van der Waals surface area contributed by atoms with Gasteiger partial charge in [0.25, 0.3) is 0 Å². The van der Waals surface area contributed by atoms with Crippen LogP contribution in [-0.2, 0) is 6.42 Å². The molecule has 2 aliphatic rings. The predicted molar refractivity (Wildman–Crippen MR) is 91.8 cm³/mol. The molecule has 1 aromatic rings. The normalized spacial score (nSPS) is 32.8. The topological polar surface area (TPSA) is 25.8 Å². The van der Waals surface area contributed by atoms with Gasteiger partial charge in [-0.25, -0.2) is 9.97 Å². The SMILES string of the molecule is CC1CCC(CCc2cnc(C3CCC(C)CC3)nc2)CC1. The molecule has 1 aromatic heterocycles. The molecule has 1 heterocycles. The third-order valence-corrected chi connectivity index (χ3v) is 6.08. The van der Waals surface area contributed by atoms with Gasteiger partial charge in [0.1, 0.15) is 5.82 Å². The van der Waals surface area contributed by atoms with Gasteiger partial charge >= 0.3 is 0 Å². The molecule has 0 aliphatic heterocycles. The van der Waals surface area contributed by atoms with E-state index in [9.17, 15) is 0 Å². The van der Waals surface area contributed by atoms with E-state index in [0.717, 1.165) is 23.6 Å². The Morgan fingerprint density at radius 1 is 0.818 bits per heavy atom. The van der Waals surface area contributed by atoms with E-state index in [-0.39, 0.29) is 0 Å². The summed E-state index contributed by atoms with van der Waals surface area (Å²) < 4.78 is 0. The quantitative estimate of drug-likeness (QED) is 0.730. The fourth-order valence-electron chi connectivity index (χ4n) is 4.21. The second-order valence-electron chi connectivity index (χ2n) is 8.07. The number of hydrogen-bond acceptors (Lipinski definition) is 2. The smallest absolute Gasteiger partial charge is 0.131 e. The lowest BCUT2D eigenvalue weighted by molar-refractivity contribution is 0.277. The third-order valence-electron chi connectivity index (χ3n) is 6.08. The molecule has 0 N–H and O–H groups in total. The Hall–Kier alpha value is -0.920. The lowest BCUT2D eigenvalue weighted by Gasteiger charge is -2.26. The molecule has 0 unspecified atom stereocenters. The molecule has 2 nitrogen and oxygen atoms in total. The average Bonchev–Trinajstić information content (AvgIpc) is 2.56. The Balaban J connectivity index is 1.47. The summed E-state index contributed by atoms with van der Waals surface area (Å²) in [6.45, 7) is 4.76. The first-order valence-electron chi connectivity index (χ1n) is 9.51. The summed E-state index contributed by atoms with van der Waals surface area (Å²) in [4.78, 5) is 9.38. The van der Waals surface area contributed by atoms with Crippen molar-refractivity contribution in [3.05, 3.63) is 23.8 Å². The maximum Gasteiger partial charge on any atom is 0.131 e. The van der Waals surface area contributed by atoms with Crippen LogP contribution in [0.2, 0.25) is 0 Å². The van der Waals surface area contributed by atoms with E-state index in [1.54, 1.807) is 0 Å². The van der Waals surface area contributed by atoms with Crippen LogP contribution in [-0.4, -0.2) is 9.97 Å². The standard InChI is InChI=1S/C20H32N2/c1-15-3-7-17(8-4-15)9-10-18-13-21-20(22-14-18)19-11-5-16(2)6-12-19/h13-17,19H,3-12H2,1-2H3. The lowest BCUT2D eigenvalue weighted by atomic mass is 9.80. The molecular formula is C20H32N2. The highest BCUT2D eigenvalue weighted by molar-refractivity contribution is 5.08. The molecule has 2 fully saturated rings. The minimum Gasteiger partial charge on any atom is -0.241 e. The van der Waals surface area contributed by atoms with Crippen LogP contribution >= 0.6 is 0 Å². The zero-order valence-electron chi connectivity index (χ0n) is 14.4. The van der Waals surface area contributed by atoms with Gasteiger partial charge in [0.2, 0.25) is 0 Å².